The van der Waals surface area contributed by atoms with Crippen molar-refractivity contribution in [2.45, 2.75) is 26.7 Å². The second-order valence-electron chi connectivity index (χ2n) is 5.87. The van der Waals surface area contributed by atoms with Crippen LogP contribution in [0.15, 0.2) is 30.5 Å². The third-order valence-corrected chi connectivity index (χ3v) is 3.88. The molecule has 0 radical (unpaired) electrons. The summed E-state index contributed by atoms with van der Waals surface area (Å²) >= 11 is 0. The fourth-order valence-electron chi connectivity index (χ4n) is 2.44. The maximum atomic E-state index is 4.71. The minimum Gasteiger partial charge on any atom is -0.355 e. The standard InChI is InChI=1S/C15H19N3/c1-15(2)7-9-18(10-8-15)14-11-16-12-5-3-4-6-13(12)17-14/h3-6,11H,7-10H2,1-2H3. The second-order valence-corrected chi connectivity index (χ2v) is 5.87. The summed E-state index contributed by atoms with van der Waals surface area (Å²) in [4.78, 5) is 11.6. The van der Waals surface area contributed by atoms with E-state index in [1.54, 1.807) is 0 Å². The number of rotatable bonds is 1. The molecule has 1 aliphatic rings. The number of fused-ring (bicyclic) bond motifs is 1. The first-order chi connectivity index (χ1) is 8.64. The van der Waals surface area contributed by atoms with Crippen LogP contribution < -0.4 is 4.90 Å². The Morgan fingerprint density at radius 3 is 2.44 bits per heavy atom. The summed E-state index contributed by atoms with van der Waals surface area (Å²) in [7, 11) is 0. The zero-order valence-corrected chi connectivity index (χ0v) is 11.1. The minimum absolute atomic E-state index is 0.473. The van der Waals surface area contributed by atoms with Gasteiger partial charge < -0.3 is 4.90 Å². The largest absolute Gasteiger partial charge is 0.355 e. The van der Waals surface area contributed by atoms with E-state index in [1.807, 2.05) is 30.5 Å². The lowest BCUT2D eigenvalue weighted by atomic mass is 9.83. The topological polar surface area (TPSA) is 29.0 Å². The van der Waals surface area contributed by atoms with Crippen LogP contribution in [0.2, 0.25) is 0 Å². The van der Waals surface area contributed by atoms with Crippen molar-refractivity contribution in [3.63, 3.8) is 0 Å². The van der Waals surface area contributed by atoms with E-state index in [1.165, 1.54) is 12.8 Å². The van der Waals surface area contributed by atoms with Gasteiger partial charge in [0.15, 0.2) is 0 Å². The first kappa shape index (κ1) is 11.5. The molecule has 0 unspecified atom stereocenters. The fourth-order valence-corrected chi connectivity index (χ4v) is 2.44. The van der Waals surface area contributed by atoms with Crippen LogP contribution in [0.4, 0.5) is 5.82 Å². The van der Waals surface area contributed by atoms with E-state index in [0.717, 1.165) is 29.9 Å². The molecular formula is C15H19N3. The number of anilines is 1. The van der Waals surface area contributed by atoms with Crippen molar-refractivity contribution in [1.29, 1.82) is 0 Å². The summed E-state index contributed by atoms with van der Waals surface area (Å²) in [6.45, 7) is 6.85. The smallest absolute Gasteiger partial charge is 0.147 e. The Bertz CT molecular complexity index is 552. The third kappa shape index (κ3) is 2.17. The highest BCUT2D eigenvalue weighted by molar-refractivity contribution is 5.75. The number of nitrogens with zero attached hydrogens (tertiary/aromatic N) is 3. The highest BCUT2D eigenvalue weighted by atomic mass is 15.2. The van der Waals surface area contributed by atoms with Gasteiger partial charge in [-0.05, 0) is 30.4 Å². The van der Waals surface area contributed by atoms with Crippen LogP contribution in [-0.4, -0.2) is 23.1 Å². The molecule has 1 aliphatic heterocycles. The molecule has 3 rings (SSSR count). The van der Waals surface area contributed by atoms with Crippen molar-refractivity contribution in [1.82, 2.24) is 9.97 Å². The molecule has 3 nitrogen and oxygen atoms in total. The molecule has 0 aliphatic carbocycles. The van der Waals surface area contributed by atoms with Gasteiger partial charge in [-0.1, -0.05) is 26.0 Å². The normalized spacial score (nSPS) is 19.1. The molecule has 0 spiro atoms. The summed E-state index contributed by atoms with van der Waals surface area (Å²) in [6.07, 6.45) is 4.35. The average Bonchev–Trinajstić information content (AvgIpc) is 2.38. The monoisotopic (exact) mass is 241 g/mol. The van der Waals surface area contributed by atoms with Crippen LogP contribution in [-0.2, 0) is 0 Å². The molecule has 1 aromatic heterocycles. The second kappa shape index (κ2) is 4.23. The summed E-state index contributed by atoms with van der Waals surface area (Å²) in [5.74, 6) is 1.02. The number of hydrogen-bond donors (Lipinski definition) is 0. The lowest BCUT2D eigenvalue weighted by Crippen LogP contribution is -2.37. The van der Waals surface area contributed by atoms with Gasteiger partial charge in [0.25, 0.3) is 0 Å². The van der Waals surface area contributed by atoms with Crippen molar-refractivity contribution in [2.75, 3.05) is 18.0 Å². The number of aromatic nitrogens is 2. The maximum absolute atomic E-state index is 4.71. The van der Waals surface area contributed by atoms with Gasteiger partial charge in [0.1, 0.15) is 5.82 Å². The lowest BCUT2D eigenvalue weighted by molar-refractivity contribution is 0.279. The quantitative estimate of drug-likeness (QED) is 0.767. The van der Waals surface area contributed by atoms with E-state index in [0.29, 0.717) is 5.41 Å². The van der Waals surface area contributed by atoms with Crippen LogP contribution >= 0.6 is 0 Å². The molecule has 2 heterocycles. The molecule has 2 aromatic rings. The minimum atomic E-state index is 0.473. The van der Waals surface area contributed by atoms with Crippen LogP contribution in [0.3, 0.4) is 0 Å². The summed E-state index contributed by atoms with van der Waals surface area (Å²) in [6, 6.07) is 8.05. The number of piperidine rings is 1. The Labute approximate surface area is 108 Å². The first-order valence-corrected chi connectivity index (χ1v) is 6.61. The van der Waals surface area contributed by atoms with Gasteiger partial charge in [0.2, 0.25) is 0 Å². The van der Waals surface area contributed by atoms with Gasteiger partial charge in [-0.3, -0.25) is 4.98 Å². The SMILES string of the molecule is CC1(C)CCN(c2cnc3ccccc3n2)CC1. The van der Waals surface area contributed by atoms with Gasteiger partial charge >= 0.3 is 0 Å². The summed E-state index contributed by atoms with van der Waals surface area (Å²) < 4.78 is 0. The van der Waals surface area contributed by atoms with E-state index in [4.69, 9.17) is 4.98 Å². The van der Waals surface area contributed by atoms with E-state index in [9.17, 15) is 0 Å². The molecule has 0 bridgehead atoms. The summed E-state index contributed by atoms with van der Waals surface area (Å²) in [5.41, 5.74) is 2.43. The number of hydrogen-bond acceptors (Lipinski definition) is 3. The zero-order valence-electron chi connectivity index (χ0n) is 11.1. The van der Waals surface area contributed by atoms with Gasteiger partial charge in [0, 0.05) is 13.1 Å². The predicted molar refractivity (Wildman–Crippen MR) is 74.8 cm³/mol. The average molecular weight is 241 g/mol. The molecule has 3 heteroatoms. The Morgan fingerprint density at radius 2 is 1.72 bits per heavy atom. The fraction of sp³-hybridized carbons (Fsp3) is 0.467. The molecular weight excluding hydrogens is 222 g/mol. The molecule has 0 saturated carbocycles. The molecule has 0 atom stereocenters. The molecule has 18 heavy (non-hydrogen) atoms. The molecule has 1 aromatic carbocycles. The molecule has 0 amide bonds. The molecule has 1 saturated heterocycles. The highest BCUT2D eigenvalue weighted by Gasteiger charge is 2.26. The Balaban J connectivity index is 1.87. The van der Waals surface area contributed by atoms with Gasteiger partial charge in [0.05, 0.1) is 17.2 Å². The van der Waals surface area contributed by atoms with Crippen molar-refractivity contribution < 1.29 is 0 Å². The van der Waals surface area contributed by atoms with Crippen molar-refractivity contribution in [2.24, 2.45) is 5.41 Å². The summed E-state index contributed by atoms with van der Waals surface area (Å²) in [5, 5.41) is 0. The zero-order chi connectivity index (χ0) is 12.6. The van der Waals surface area contributed by atoms with E-state index >= 15 is 0 Å². The van der Waals surface area contributed by atoms with Crippen molar-refractivity contribution in [3.05, 3.63) is 30.5 Å². The van der Waals surface area contributed by atoms with E-state index in [2.05, 4.69) is 23.7 Å². The van der Waals surface area contributed by atoms with Gasteiger partial charge in [-0.2, -0.15) is 0 Å². The van der Waals surface area contributed by atoms with Crippen LogP contribution in [0.5, 0.6) is 0 Å². The molecule has 94 valence electrons. The molecule has 1 fully saturated rings. The van der Waals surface area contributed by atoms with E-state index < -0.39 is 0 Å². The Hall–Kier alpha value is -1.64. The first-order valence-electron chi connectivity index (χ1n) is 6.61. The lowest BCUT2D eigenvalue weighted by Gasteiger charge is -2.37. The van der Waals surface area contributed by atoms with E-state index in [-0.39, 0.29) is 0 Å². The predicted octanol–water partition coefficient (Wildman–Crippen LogP) is 3.26. The van der Waals surface area contributed by atoms with Crippen LogP contribution in [0, 0.1) is 5.41 Å². The number of benzene rings is 1. The maximum Gasteiger partial charge on any atom is 0.147 e. The van der Waals surface area contributed by atoms with Crippen molar-refractivity contribution in [3.8, 4) is 0 Å². The number of para-hydroxylation sites is 2. The highest BCUT2D eigenvalue weighted by Crippen LogP contribution is 2.31. The van der Waals surface area contributed by atoms with Crippen molar-refractivity contribution >= 4 is 16.9 Å². The Morgan fingerprint density at radius 1 is 1.06 bits per heavy atom. The van der Waals surface area contributed by atoms with Gasteiger partial charge in [-0.25, -0.2) is 4.98 Å². The third-order valence-electron chi connectivity index (χ3n) is 3.88. The van der Waals surface area contributed by atoms with Crippen LogP contribution in [0.1, 0.15) is 26.7 Å². The van der Waals surface area contributed by atoms with Gasteiger partial charge in [-0.15, -0.1) is 0 Å². The van der Waals surface area contributed by atoms with Crippen LogP contribution in [0.25, 0.3) is 11.0 Å². The molecule has 0 N–H and O–H groups in total. The Kier molecular flexibility index (Phi) is 2.69.